The Labute approximate surface area is 96.0 Å². The molecule has 3 aliphatic rings. The second kappa shape index (κ2) is 3.70. The minimum absolute atomic E-state index is 0.236. The molecule has 4 heteroatoms. The molecule has 2 aliphatic heterocycles. The zero-order valence-electron chi connectivity index (χ0n) is 9.61. The first-order valence-electron chi connectivity index (χ1n) is 6.47. The van der Waals surface area contributed by atoms with Gasteiger partial charge in [-0.2, -0.15) is 0 Å². The van der Waals surface area contributed by atoms with E-state index in [0.29, 0.717) is 6.04 Å². The predicted molar refractivity (Wildman–Crippen MR) is 60.4 cm³/mol. The molecule has 1 saturated carbocycles. The molecule has 0 amide bonds. The summed E-state index contributed by atoms with van der Waals surface area (Å²) in [5.74, 6) is -0.631. The molecule has 0 radical (unpaired) electrons. The molecule has 2 saturated heterocycles. The highest BCUT2D eigenvalue weighted by molar-refractivity contribution is 5.80. The lowest BCUT2D eigenvalue weighted by molar-refractivity contribution is -0.146. The number of hydrogen-bond acceptors (Lipinski definition) is 3. The molecule has 16 heavy (non-hydrogen) atoms. The molecular formula is C12H20N2O2. The SMILES string of the molecule is O=C(O)C1(NC2CC2)CCN2CCCCC21. The largest absolute Gasteiger partial charge is 0.480 e. The summed E-state index contributed by atoms with van der Waals surface area (Å²) in [7, 11) is 0. The van der Waals surface area contributed by atoms with E-state index in [-0.39, 0.29) is 6.04 Å². The van der Waals surface area contributed by atoms with E-state index < -0.39 is 11.5 Å². The van der Waals surface area contributed by atoms with Crippen LogP contribution >= 0.6 is 0 Å². The van der Waals surface area contributed by atoms with Crippen molar-refractivity contribution in [1.82, 2.24) is 10.2 Å². The monoisotopic (exact) mass is 224 g/mol. The van der Waals surface area contributed by atoms with E-state index in [1.807, 2.05) is 0 Å². The van der Waals surface area contributed by atoms with Crippen molar-refractivity contribution in [1.29, 1.82) is 0 Å². The molecule has 2 N–H and O–H groups in total. The van der Waals surface area contributed by atoms with Crippen molar-refractivity contribution in [3.63, 3.8) is 0 Å². The van der Waals surface area contributed by atoms with Crippen molar-refractivity contribution in [3.8, 4) is 0 Å². The number of hydrogen-bond donors (Lipinski definition) is 2. The van der Waals surface area contributed by atoms with Crippen LogP contribution in [0.1, 0.15) is 38.5 Å². The Bertz CT molecular complexity index is 303. The molecule has 4 nitrogen and oxygen atoms in total. The van der Waals surface area contributed by atoms with Crippen LogP contribution in [-0.4, -0.2) is 46.7 Å². The van der Waals surface area contributed by atoms with Gasteiger partial charge in [0.15, 0.2) is 0 Å². The molecule has 2 unspecified atom stereocenters. The summed E-state index contributed by atoms with van der Waals surface area (Å²) < 4.78 is 0. The molecule has 0 bridgehead atoms. The third-order valence-corrected chi connectivity index (χ3v) is 4.40. The highest BCUT2D eigenvalue weighted by Gasteiger charge is 2.54. The second-order valence-corrected chi connectivity index (χ2v) is 5.49. The number of nitrogens with one attached hydrogen (secondary N) is 1. The fourth-order valence-corrected chi connectivity index (χ4v) is 3.37. The van der Waals surface area contributed by atoms with Gasteiger partial charge in [0.25, 0.3) is 0 Å². The third-order valence-electron chi connectivity index (χ3n) is 4.40. The van der Waals surface area contributed by atoms with E-state index in [2.05, 4.69) is 10.2 Å². The van der Waals surface area contributed by atoms with E-state index >= 15 is 0 Å². The number of carboxylic acids is 1. The van der Waals surface area contributed by atoms with Crippen LogP contribution in [0.5, 0.6) is 0 Å². The Balaban J connectivity index is 1.83. The summed E-state index contributed by atoms with van der Waals surface area (Å²) >= 11 is 0. The number of carbonyl (C=O) groups is 1. The molecule has 2 atom stereocenters. The highest BCUT2D eigenvalue weighted by atomic mass is 16.4. The van der Waals surface area contributed by atoms with Gasteiger partial charge in [0, 0.05) is 18.6 Å². The number of fused-ring (bicyclic) bond motifs is 1. The molecule has 1 aliphatic carbocycles. The van der Waals surface area contributed by atoms with Crippen molar-refractivity contribution in [3.05, 3.63) is 0 Å². The van der Waals surface area contributed by atoms with Crippen LogP contribution in [0.4, 0.5) is 0 Å². The van der Waals surface area contributed by atoms with Crippen LogP contribution in [0.3, 0.4) is 0 Å². The molecule has 3 fully saturated rings. The Morgan fingerprint density at radius 3 is 2.75 bits per heavy atom. The average Bonchev–Trinajstić information content (AvgIpc) is 3.00. The van der Waals surface area contributed by atoms with Gasteiger partial charge >= 0.3 is 5.97 Å². The van der Waals surface area contributed by atoms with Gasteiger partial charge in [-0.1, -0.05) is 6.42 Å². The lowest BCUT2D eigenvalue weighted by Gasteiger charge is -2.38. The fraction of sp³-hybridized carbons (Fsp3) is 0.917. The molecule has 0 aromatic heterocycles. The van der Waals surface area contributed by atoms with Gasteiger partial charge in [-0.05, 0) is 38.6 Å². The van der Waals surface area contributed by atoms with Gasteiger partial charge in [-0.15, -0.1) is 0 Å². The van der Waals surface area contributed by atoms with Crippen LogP contribution in [0.25, 0.3) is 0 Å². The summed E-state index contributed by atoms with van der Waals surface area (Å²) in [5.41, 5.74) is -0.637. The molecular weight excluding hydrogens is 204 g/mol. The Morgan fingerprint density at radius 1 is 1.25 bits per heavy atom. The summed E-state index contributed by atoms with van der Waals surface area (Å²) in [6, 6.07) is 0.706. The van der Waals surface area contributed by atoms with Gasteiger partial charge in [-0.25, -0.2) is 0 Å². The minimum atomic E-state index is -0.637. The van der Waals surface area contributed by atoms with Gasteiger partial charge in [0.05, 0.1) is 0 Å². The maximum atomic E-state index is 11.7. The van der Waals surface area contributed by atoms with Crippen molar-refractivity contribution >= 4 is 5.97 Å². The first-order chi connectivity index (χ1) is 7.72. The quantitative estimate of drug-likeness (QED) is 0.745. The smallest absolute Gasteiger partial charge is 0.325 e. The first kappa shape index (κ1) is 10.5. The van der Waals surface area contributed by atoms with E-state index in [4.69, 9.17) is 0 Å². The van der Waals surface area contributed by atoms with Crippen molar-refractivity contribution in [2.75, 3.05) is 13.1 Å². The maximum absolute atomic E-state index is 11.7. The number of nitrogens with zero attached hydrogens (tertiary/aromatic N) is 1. The zero-order chi connectivity index (χ0) is 11.2. The number of rotatable bonds is 3. The van der Waals surface area contributed by atoms with E-state index in [1.54, 1.807) is 0 Å². The van der Waals surface area contributed by atoms with Gasteiger partial charge in [-0.3, -0.25) is 15.0 Å². The normalized spacial score (nSPS) is 39.6. The second-order valence-electron chi connectivity index (χ2n) is 5.49. The number of aliphatic carboxylic acids is 1. The average molecular weight is 224 g/mol. The van der Waals surface area contributed by atoms with Crippen LogP contribution in [0, 0.1) is 0 Å². The Morgan fingerprint density at radius 2 is 2.06 bits per heavy atom. The van der Waals surface area contributed by atoms with Crippen molar-refractivity contribution < 1.29 is 9.90 Å². The molecule has 0 aromatic carbocycles. The number of piperidine rings is 1. The molecule has 2 heterocycles. The fourth-order valence-electron chi connectivity index (χ4n) is 3.37. The maximum Gasteiger partial charge on any atom is 0.325 e. The minimum Gasteiger partial charge on any atom is -0.480 e. The van der Waals surface area contributed by atoms with Crippen LogP contribution < -0.4 is 5.32 Å². The standard InChI is InChI=1S/C12H20N2O2/c15-11(16)12(13-9-4-5-9)6-8-14-7-2-1-3-10(12)14/h9-10,13H,1-8H2,(H,15,16). The summed E-state index contributed by atoms with van der Waals surface area (Å²) in [6.07, 6.45) is 6.55. The van der Waals surface area contributed by atoms with E-state index in [9.17, 15) is 9.90 Å². The van der Waals surface area contributed by atoms with E-state index in [0.717, 1.165) is 38.8 Å². The topological polar surface area (TPSA) is 52.6 Å². The van der Waals surface area contributed by atoms with Crippen molar-refractivity contribution in [2.24, 2.45) is 0 Å². The molecule has 90 valence electrons. The Kier molecular flexibility index (Phi) is 2.44. The van der Waals surface area contributed by atoms with Crippen molar-refractivity contribution in [2.45, 2.75) is 56.1 Å². The molecule has 3 rings (SSSR count). The lowest BCUT2D eigenvalue weighted by Crippen LogP contribution is -2.61. The predicted octanol–water partition coefficient (Wildman–Crippen LogP) is 0.820. The number of carboxylic acid groups (broad SMARTS) is 1. The first-order valence-corrected chi connectivity index (χ1v) is 6.47. The summed E-state index contributed by atoms with van der Waals surface area (Å²) in [6.45, 7) is 2.04. The highest BCUT2D eigenvalue weighted by Crippen LogP contribution is 2.37. The van der Waals surface area contributed by atoms with Crippen LogP contribution in [0.15, 0.2) is 0 Å². The van der Waals surface area contributed by atoms with Crippen LogP contribution in [0.2, 0.25) is 0 Å². The zero-order valence-corrected chi connectivity index (χ0v) is 9.61. The lowest BCUT2D eigenvalue weighted by atomic mass is 9.85. The van der Waals surface area contributed by atoms with Gasteiger partial charge in [0.2, 0.25) is 0 Å². The van der Waals surface area contributed by atoms with E-state index in [1.165, 1.54) is 12.8 Å². The van der Waals surface area contributed by atoms with Gasteiger partial charge < -0.3 is 5.11 Å². The Hall–Kier alpha value is -0.610. The third kappa shape index (κ3) is 1.55. The molecule has 0 aromatic rings. The summed E-state index contributed by atoms with van der Waals surface area (Å²) in [4.78, 5) is 14.0. The van der Waals surface area contributed by atoms with Gasteiger partial charge in [0.1, 0.15) is 5.54 Å². The van der Waals surface area contributed by atoms with Crippen LogP contribution in [-0.2, 0) is 4.79 Å². The summed E-state index contributed by atoms with van der Waals surface area (Å²) in [5, 5.41) is 13.0. The molecule has 0 spiro atoms.